The van der Waals surface area contributed by atoms with Crippen LogP contribution in [0.5, 0.6) is 5.75 Å². The smallest absolute Gasteiger partial charge is 0.328 e. The fourth-order valence-corrected chi connectivity index (χ4v) is 3.05. The van der Waals surface area contributed by atoms with E-state index >= 15 is 0 Å². The lowest BCUT2D eigenvalue weighted by Crippen LogP contribution is -2.43. The summed E-state index contributed by atoms with van der Waals surface area (Å²) >= 11 is 0. The van der Waals surface area contributed by atoms with Crippen molar-refractivity contribution in [2.45, 2.75) is 38.8 Å². The highest BCUT2D eigenvalue weighted by Crippen LogP contribution is 2.39. The van der Waals surface area contributed by atoms with Gasteiger partial charge in [-0.1, -0.05) is 12.1 Å². The summed E-state index contributed by atoms with van der Waals surface area (Å²) in [6.45, 7) is 5.88. The Morgan fingerprint density at radius 3 is 2.80 bits per heavy atom. The van der Waals surface area contributed by atoms with Gasteiger partial charge in [0.05, 0.1) is 6.04 Å². The number of ether oxygens (including phenoxy) is 1. The third kappa shape index (κ3) is 3.35. The van der Waals surface area contributed by atoms with Crippen molar-refractivity contribution in [3.63, 3.8) is 0 Å². The van der Waals surface area contributed by atoms with Gasteiger partial charge in [0.15, 0.2) is 0 Å². The average molecular weight is 343 g/mol. The Morgan fingerprint density at radius 2 is 2.08 bits per heavy atom. The number of H-pyrrole nitrogens is 1. The van der Waals surface area contributed by atoms with Crippen molar-refractivity contribution < 1.29 is 9.53 Å². The zero-order chi connectivity index (χ0) is 18.4. The Kier molecular flexibility index (Phi) is 4.02. The van der Waals surface area contributed by atoms with E-state index in [-0.39, 0.29) is 11.6 Å². The molecule has 0 saturated carbocycles. The third-order valence-corrected chi connectivity index (χ3v) is 4.28. The summed E-state index contributed by atoms with van der Waals surface area (Å²) in [6.07, 6.45) is 1.81. The van der Waals surface area contributed by atoms with Crippen molar-refractivity contribution >= 4 is 5.91 Å². The number of carbonyl (C=O) groups is 1. The van der Waals surface area contributed by atoms with Crippen LogP contribution in [0.2, 0.25) is 0 Å². The molecule has 1 amide bonds. The summed E-state index contributed by atoms with van der Waals surface area (Å²) in [4.78, 5) is 38.1. The normalized spacial score (nSPS) is 18.2. The van der Waals surface area contributed by atoms with E-state index in [1.807, 2.05) is 39.0 Å². The fourth-order valence-electron chi connectivity index (χ4n) is 3.05. The zero-order valence-electron chi connectivity index (χ0n) is 14.7. The lowest BCUT2D eigenvalue weighted by Gasteiger charge is -2.38. The minimum absolute atomic E-state index is 0.0972. The Hall–Kier alpha value is -2.83. The molecule has 2 N–H and O–H groups in total. The molecule has 7 heteroatoms. The Bertz CT molecular complexity index is 956. The van der Waals surface area contributed by atoms with Gasteiger partial charge in [0.25, 0.3) is 11.5 Å². The molecule has 0 aliphatic carbocycles. The van der Waals surface area contributed by atoms with E-state index in [1.54, 1.807) is 0 Å². The van der Waals surface area contributed by atoms with Crippen LogP contribution in [0, 0.1) is 6.92 Å². The fraction of sp³-hybridized carbons (Fsp3) is 0.389. The Morgan fingerprint density at radius 1 is 1.36 bits per heavy atom. The Balaban J connectivity index is 1.95. The maximum absolute atomic E-state index is 12.6. The molecule has 0 saturated heterocycles. The van der Waals surface area contributed by atoms with Gasteiger partial charge >= 0.3 is 5.69 Å². The number of fused-ring (bicyclic) bond motifs is 1. The monoisotopic (exact) mass is 343 g/mol. The number of benzene rings is 1. The molecule has 0 bridgehead atoms. The minimum Gasteiger partial charge on any atom is -0.487 e. The SMILES string of the molecule is Cc1ccc2c(c1)OC(C)(C)CC2NC(=O)c1cn(C)c(=O)[nH]c1=O. The second-order valence-corrected chi connectivity index (χ2v) is 7.05. The summed E-state index contributed by atoms with van der Waals surface area (Å²) in [6, 6.07) is 5.53. The van der Waals surface area contributed by atoms with E-state index in [2.05, 4.69) is 10.3 Å². The van der Waals surface area contributed by atoms with E-state index in [0.717, 1.165) is 16.9 Å². The van der Waals surface area contributed by atoms with Gasteiger partial charge in [0.2, 0.25) is 0 Å². The van der Waals surface area contributed by atoms with Crippen LogP contribution < -0.4 is 21.3 Å². The van der Waals surface area contributed by atoms with Crippen molar-refractivity contribution in [2.24, 2.45) is 7.05 Å². The highest BCUT2D eigenvalue weighted by Gasteiger charge is 2.35. The second-order valence-electron chi connectivity index (χ2n) is 7.05. The van der Waals surface area contributed by atoms with E-state index in [9.17, 15) is 14.4 Å². The van der Waals surface area contributed by atoms with Gasteiger partial charge in [0.1, 0.15) is 16.9 Å². The molecule has 1 atom stereocenters. The molecule has 1 aromatic carbocycles. The molecule has 1 unspecified atom stereocenters. The highest BCUT2D eigenvalue weighted by molar-refractivity contribution is 5.93. The zero-order valence-corrected chi connectivity index (χ0v) is 14.7. The molecule has 0 fully saturated rings. The summed E-state index contributed by atoms with van der Waals surface area (Å²) in [5, 5.41) is 2.90. The Labute approximate surface area is 144 Å². The number of aryl methyl sites for hydroxylation is 2. The number of nitrogens with zero attached hydrogens (tertiary/aromatic N) is 1. The van der Waals surface area contributed by atoms with Crippen LogP contribution in [0.1, 0.15) is 47.8 Å². The van der Waals surface area contributed by atoms with Crippen LogP contribution >= 0.6 is 0 Å². The predicted octanol–water partition coefficient (Wildman–Crippen LogP) is 1.41. The van der Waals surface area contributed by atoms with Crippen molar-refractivity contribution in [3.05, 3.63) is 61.9 Å². The van der Waals surface area contributed by atoms with Crippen molar-refractivity contribution in [1.82, 2.24) is 14.9 Å². The van der Waals surface area contributed by atoms with E-state index in [1.165, 1.54) is 17.8 Å². The number of hydrogen-bond donors (Lipinski definition) is 2. The number of aromatic nitrogens is 2. The molecule has 132 valence electrons. The van der Waals surface area contributed by atoms with Crippen LogP contribution in [0.25, 0.3) is 0 Å². The molecule has 1 aliphatic rings. The number of carbonyl (C=O) groups excluding carboxylic acids is 1. The lowest BCUT2D eigenvalue weighted by molar-refractivity contribution is 0.0618. The predicted molar refractivity (Wildman–Crippen MR) is 93.0 cm³/mol. The first-order valence-electron chi connectivity index (χ1n) is 8.07. The van der Waals surface area contributed by atoms with Gasteiger partial charge in [-0.2, -0.15) is 0 Å². The van der Waals surface area contributed by atoms with E-state index in [4.69, 9.17) is 4.74 Å². The number of amides is 1. The quantitative estimate of drug-likeness (QED) is 0.862. The van der Waals surface area contributed by atoms with Gasteiger partial charge in [-0.15, -0.1) is 0 Å². The topological polar surface area (TPSA) is 93.2 Å². The van der Waals surface area contributed by atoms with Gasteiger partial charge in [0, 0.05) is 25.2 Å². The maximum atomic E-state index is 12.6. The molecule has 0 radical (unpaired) electrons. The first-order chi connectivity index (χ1) is 11.7. The third-order valence-electron chi connectivity index (χ3n) is 4.28. The lowest BCUT2D eigenvalue weighted by atomic mass is 9.89. The summed E-state index contributed by atoms with van der Waals surface area (Å²) in [5.41, 5.74) is 0.135. The van der Waals surface area contributed by atoms with Crippen LogP contribution in [0.4, 0.5) is 0 Å². The largest absolute Gasteiger partial charge is 0.487 e. The molecule has 1 aliphatic heterocycles. The van der Waals surface area contributed by atoms with Crippen LogP contribution in [0.3, 0.4) is 0 Å². The molecular weight excluding hydrogens is 322 g/mol. The van der Waals surface area contributed by atoms with Crippen LogP contribution in [-0.2, 0) is 7.05 Å². The van der Waals surface area contributed by atoms with Crippen molar-refractivity contribution in [1.29, 1.82) is 0 Å². The number of aromatic amines is 1. The van der Waals surface area contributed by atoms with Gasteiger partial charge in [-0.05, 0) is 32.4 Å². The first kappa shape index (κ1) is 17.0. The molecule has 2 aromatic rings. The summed E-state index contributed by atoms with van der Waals surface area (Å²) in [7, 11) is 1.48. The molecule has 2 heterocycles. The molecule has 7 nitrogen and oxygen atoms in total. The maximum Gasteiger partial charge on any atom is 0.328 e. The van der Waals surface area contributed by atoms with Gasteiger partial charge in [-0.25, -0.2) is 4.79 Å². The minimum atomic E-state index is -0.698. The first-order valence-corrected chi connectivity index (χ1v) is 8.07. The van der Waals surface area contributed by atoms with Crippen molar-refractivity contribution in [3.8, 4) is 5.75 Å². The summed E-state index contributed by atoms with van der Waals surface area (Å²) in [5.74, 6) is 0.210. The molecular formula is C18H21N3O4. The standard InChI is InChI=1S/C18H21N3O4/c1-10-5-6-11-13(8-18(2,3)25-14(11)7-10)19-15(22)12-9-21(4)17(24)20-16(12)23/h5-7,9,13H,8H2,1-4H3,(H,19,22)(H,20,23,24). The van der Waals surface area contributed by atoms with E-state index in [0.29, 0.717) is 6.42 Å². The average Bonchev–Trinajstić information content (AvgIpc) is 2.49. The second kappa shape index (κ2) is 5.91. The number of hydrogen-bond acceptors (Lipinski definition) is 4. The van der Waals surface area contributed by atoms with Crippen LogP contribution in [-0.4, -0.2) is 21.1 Å². The van der Waals surface area contributed by atoms with Gasteiger partial charge < -0.3 is 14.6 Å². The summed E-state index contributed by atoms with van der Waals surface area (Å²) < 4.78 is 7.18. The number of rotatable bonds is 2. The van der Waals surface area contributed by atoms with Crippen molar-refractivity contribution in [2.75, 3.05) is 0 Å². The van der Waals surface area contributed by atoms with Gasteiger partial charge in [-0.3, -0.25) is 14.6 Å². The molecule has 25 heavy (non-hydrogen) atoms. The molecule has 0 spiro atoms. The van der Waals surface area contributed by atoms with Crippen LogP contribution in [0.15, 0.2) is 34.0 Å². The number of nitrogens with one attached hydrogen (secondary N) is 2. The van der Waals surface area contributed by atoms with E-state index < -0.39 is 22.8 Å². The molecule has 3 rings (SSSR count). The molecule has 1 aromatic heterocycles. The highest BCUT2D eigenvalue weighted by atomic mass is 16.5.